The average Bonchev–Trinajstić information content (AvgIpc) is 2.53. The average molecular weight is 288 g/mol. The van der Waals surface area contributed by atoms with Gasteiger partial charge < -0.3 is 10.7 Å². The van der Waals surface area contributed by atoms with Crippen LogP contribution in [0.1, 0.15) is 16.1 Å². The number of hydrazine groups is 1. The van der Waals surface area contributed by atoms with Crippen LogP contribution in [0.4, 0.5) is 11.5 Å². The minimum absolute atomic E-state index is 0.000756. The maximum atomic E-state index is 11.8. The minimum Gasteiger partial charge on any atom is -0.347 e. The van der Waals surface area contributed by atoms with Crippen LogP contribution in [0.25, 0.3) is 0 Å². The summed E-state index contributed by atoms with van der Waals surface area (Å²) < 4.78 is 0. The molecule has 1 aromatic heterocycles. The molecule has 0 spiro atoms. The Labute approximate surface area is 119 Å². The van der Waals surface area contributed by atoms with E-state index in [1.807, 2.05) is 0 Å². The first-order valence-electron chi connectivity index (χ1n) is 5.92. The summed E-state index contributed by atoms with van der Waals surface area (Å²) in [6.45, 7) is 0.232. The van der Waals surface area contributed by atoms with Gasteiger partial charge in [-0.1, -0.05) is 12.1 Å². The maximum Gasteiger partial charge on any atom is 0.272 e. The van der Waals surface area contributed by atoms with Gasteiger partial charge in [-0.3, -0.25) is 14.9 Å². The van der Waals surface area contributed by atoms with Crippen LogP contribution in [0.15, 0.2) is 36.4 Å². The van der Waals surface area contributed by atoms with Crippen molar-refractivity contribution in [2.45, 2.75) is 6.54 Å². The van der Waals surface area contributed by atoms with E-state index in [0.717, 1.165) is 5.56 Å². The van der Waals surface area contributed by atoms with Gasteiger partial charge in [-0.25, -0.2) is 5.84 Å². The van der Waals surface area contributed by atoms with E-state index < -0.39 is 10.8 Å². The van der Waals surface area contributed by atoms with Gasteiger partial charge in [0.25, 0.3) is 11.6 Å². The molecule has 0 unspecified atom stereocenters. The van der Waals surface area contributed by atoms with Crippen LogP contribution in [0.2, 0.25) is 0 Å². The van der Waals surface area contributed by atoms with Gasteiger partial charge in [0.15, 0.2) is 11.5 Å². The highest BCUT2D eigenvalue weighted by molar-refractivity contribution is 5.92. The third-order valence-corrected chi connectivity index (χ3v) is 2.65. The molecular formula is C12H12N6O3. The molecule has 0 aliphatic carbocycles. The van der Waals surface area contributed by atoms with Gasteiger partial charge in [-0.2, -0.15) is 0 Å². The van der Waals surface area contributed by atoms with Crippen molar-refractivity contribution in [1.29, 1.82) is 0 Å². The molecule has 0 bridgehead atoms. The lowest BCUT2D eigenvalue weighted by Crippen LogP contribution is -2.24. The van der Waals surface area contributed by atoms with E-state index >= 15 is 0 Å². The second-order valence-electron chi connectivity index (χ2n) is 4.05. The summed E-state index contributed by atoms with van der Waals surface area (Å²) in [4.78, 5) is 21.9. The quantitative estimate of drug-likeness (QED) is 0.416. The number of non-ortho nitro benzene ring substituents is 1. The fraction of sp³-hybridized carbons (Fsp3) is 0.0833. The van der Waals surface area contributed by atoms with E-state index in [0.29, 0.717) is 5.82 Å². The fourth-order valence-electron chi connectivity index (χ4n) is 1.54. The summed E-state index contributed by atoms with van der Waals surface area (Å²) in [5.74, 6) is 5.09. The molecule has 9 heteroatoms. The number of benzene rings is 1. The zero-order chi connectivity index (χ0) is 15.2. The molecule has 108 valence electrons. The molecule has 4 N–H and O–H groups in total. The molecule has 21 heavy (non-hydrogen) atoms. The molecule has 1 heterocycles. The Kier molecular flexibility index (Phi) is 4.36. The summed E-state index contributed by atoms with van der Waals surface area (Å²) in [5, 5.41) is 20.5. The van der Waals surface area contributed by atoms with Crippen LogP contribution in [-0.2, 0) is 6.54 Å². The molecule has 0 fully saturated rings. The highest BCUT2D eigenvalue weighted by atomic mass is 16.6. The van der Waals surface area contributed by atoms with Crippen LogP contribution in [0, 0.1) is 10.1 Å². The van der Waals surface area contributed by atoms with E-state index in [9.17, 15) is 14.9 Å². The third-order valence-electron chi connectivity index (χ3n) is 2.65. The Bertz CT molecular complexity index is 641. The van der Waals surface area contributed by atoms with Crippen molar-refractivity contribution in [2.75, 3.05) is 5.43 Å². The van der Waals surface area contributed by atoms with Gasteiger partial charge in [0.05, 0.1) is 4.92 Å². The van der Waals surface area contributed by atoms with E-state index in [1.165, 1.54) is 24.3 Å². The molecule has 0 radical (unpaired) electrons. The number of anilines is 1. The molecule has 0 saturated carbocycles. The molecule has 0 aliphatic rings. The van der Waals surface area contributed by atoms with E-state index in [-0.39, 0.29) is 17.9 Å². The van der Waals surface area contributed by atoms with Crippen molar-refractivity contribution in [2.24, 2.45) is 5.84 Å². The largest absolute Gasteiger partial charge is 0.347 e. The third kappa shape index (κ3) is 3.70. The smallest absolute Gasteiger partial charge is 0.272 e. The van der Waals surface area contributed by atoms with Crippen LogP contribution in [-0.4, -0.2) is 21.0 Å². The first-order valence-corrected chi connectivity index (χ1v) is 5.92. The summed E-state index contributed by atoms with van der Waals surface area (Å²) in [5.41, 5.74) is 3.19. The van der Waals surface area contributed by atoms with Crippen LogP contribution in [0.5, 0.6) is 0 Å². The highest BCUT2D eigenvalue weighted by Crippen LogP contribution is 2.11. The first-order chi connectivity index (χ1) is 10.1. The predicted molar refractivity (Wildman–Crippen MR) is 74.1 cm³/mol. The number of hydrogen-bond donors (Lipinski definition) is 3. The lowest BCUT2D eigenvalue weighted by Gasteiger charge is -2.05. The molecule has 0 aliphatic heterocycles. The van der Waals surface area contributed by atoms with Gasteiger partial charge in [0.2, 0.25) is 0 Å². The molecule has 0 saturated heterocycles. The number of carbonyl (C=O) groups excluding carboxylic acids is 1. The van der Waals surface area contributed by atoms with E-state index in [1.54, 1.807) is 12.1 Å². The first kappa shape index (κ1) is 14.3. The van der Waals surface area contributed by atoms with Crippen molar-refractivity contribution >= 4 is 17.4 Å². The fourth-order valence-corrected chi connectivity index (χ4v) is 1.54. The van der Waals surface area contributed by atoms with Gasteiger partial charge in [-0.15, -0.1) is 10.2 Å². The van der Waals surface area contributed by atoms with Gasteiger partial charge in [0.1, 0.15) is 0 Å². The maximum absolute atomic E-state index is 11.8. The number of hydrogen-bond acceptors (Lipinski definition) is 7. The van der Waals surface area contributed by atoms with Crippen molar-refractivity contribution < 1.29 is 9.72 Å². The van der Waals surface area contributed by atoms with Crippen LogP contribution in [0.3, 0.4) is 0 Å². The summed E-state index contributed by atoms with van der Waals surface area (Å²) in [6, 6.07) is 8.91. The molecule has 2 aromatic rings. The monoisotopic (exact) mass is 288 g/mol. The molecule has 0 atom stereocenters. The number of nitrogen functional groups attached to an aromatic ring is 1. The Morgan fingerprint density at radius 3 is 2.43 bits per heavy atom. The Balaban J connectivity index is 1.95. The van der Waals surface area contributed by atoms with Crippen molar-refractivity contribution in [3.8, 4) is 0 Å². The lowest BCUT2D eigenvalue weighted by molar-refractivity contribution is -0.384. The number of amides is 1. The Hall–Kier alpha value is -3.07. The van der Waals surface area contributed by atoms with E-state index in [4.69, 9.17) is 5.84 Å². The van der Waals surface area contributed by atoms with Gasteiger partial charge in [-0.05, 0) is 17.7 Å². The Morgan fingerprint density at radius 2 is 1.90 bits per heavy atom. The molecule has 9 nitrogen and oxygen atoms in total. The zero-order valence-electron chi connectivity index (χ0n) is 10.8. The number of nitro benzene ring substituents is 1. The van der Waals surface area contributed by atoms with Gasteiger partial charge >= 0.3 is 0 Å². The highest BCUT2D eigenvalue weighted by Gasteiger charge is 2.09. The second kappa shape index (κ2) is 6.39. The Morgan fingerprint density at radius 1 is 1.19 bits per heavy atom. The normalized spacial score (nSPS) is 9.95. The molecule has 2 rings (SSSR count). The van der Waals surface area contributed by atoms with E-state index in [2.05, 4.69) is 20.9 Å². The van der Waals surface area contributed by atoms with Crippen molar-refractivity contribution in [1.82, 2.24) is 15.5 Å². The van der Waals surface area contributed by atoms with Gasteiger partial charge in [0, 0.05) is 18.7 Å². The standard InChI is InChI=1S/C12H12N6O3/c13-15-11-6-5-10(16-17-11)12(19)14-7-8-1-3-9(4-2-8)18(20)21/h1-6H,7,13H2,(H,14,19)(H,15,17). The van der Waals surface area contributed by atoms with Crippen molar-refractivity contribution in [3.63, 3.8) is 0 Å². The number of rotatable bonds is 5. The summed E-state index contributed by atoms with van der Waals surface area (Å²) >= 11 is 0. The topological polar surface area (TPSA) is 136 Å². The molecular weight excluding hydrogens is 276 g/mol. The summed E-state index contributed by atoms with van der Waals surface area (Å²) in [6.07, 6.45) is 0. The minimum atomic E-state index is -0.481. The lowest BCUT2D eigenvalue weighted by atomic mass is 10.2. The number of nitro groups is 1. The number of nitrogens with zero attached hydrogens (tertiary/aromatic N) is 3. The summed E-state index contributed by atoms with van der Waals surface area (Å²) in [7, 11) is 0. The molecule has 1 amide bonds. The predicted octanol–water partition coefficient (Wildman–Crippen LogP) is 0.600. The SMILES string of the molecule is NNc1ccc(C(=O)NCc2ccc([N+](=O)[O-])cc2)nn1. The number of aromatic nitrogens is 2. The number of carbonyl (C=O) groups is 1. The number of nitrogens with two attached hydrogens (primary N) is 1. The molecule has 1 aromatic carbocycles. The van der Waals surface area contributed by atoms with Crippen LogP contribution >= 0.6 is 0 Å². The number of nitrogens with one attached hydrogen (secondary N) is 2. The zero-order valence-corrected chi connectivity index (χ0v) is 10.8. The van der Waals surface area contributed by atoms with Crippen LogP contribution < -0.4 is 16.6 Å². The van der Waals surface area contributed by atoms with Crippen molar-refractivity contribution in [3.05, 3.63) is 57.8 Å². The second-order valence-corrected chi connectivity index (χ2v) is 4.05.